The Morgan fingerprint density at radius 1 is 1.45 bits per heavy atom. The van der Waals surface area contributed by atoms with Crippen LogP contribution in [0.15, 0.2) is 28.7 Å². The predicted octanol–water partition coefficient (Wildman–Crippen LogP) is 4.48. The molecule has 0 fully saturated rings. The lowest BCUT2D eigenvalue weighted by Gasteiger charge is -2.21. The lowest BCUT2D eigenvalue weighted by Crippen LogP contribution is -2.24. The summed E-state index contributed by atoms with van der Waals surface area (Å²) in [5.41, 5.74) is 2.64. The average Bonchev–Trinajstić information content (AvgIpc) is 2.82. The van der Waals surface area contributed by atoms with Crippen LogP contribution in [0.1, 0.15) is 46.9 Å². The van der Waals surface area contributed by atoms with Crippen LogP contribution in [-0.4, -0.2) is 11.5 Å². The van der Waals surface area contributed by atoms with Gasteiger partial charge in [0, 0.05) is 15.8 Å². The highest BCUT2D eigenvalue weighted by Gasteiger charge is 2.23. The van der Waals surface area contributed by atoms with Crippen molar-refractivity contribution >= 4 is 27.3 Å². The zero-order valence-corrected chi connectivity index (χ0v) is 14.1. The number of nitrogens with zero attached hydrogens (tertiary/aromatic N) is 1. The molecule has 1 aliphatic rings. The van der Waals surface area contributed by atoms with Gasteiger partial charge < -0.3 is 5.32 Å². The number of aryl methyl sites for hydroxylation is 1. The molecule has 1 aromatic carbocycles. The van der Waals surface area contributed by atoms with Crippen LogP contribution in [0.3, 0.4) is 0 Å². The van der Waals surface area contributed by atoms with E-state index in [0.29, 0.717) is 6.04 Å². The number of aromatic nitrogens is 1. The van der Waals surface area contributed by atoms with Crippen molar-refractivity contribution in [2.45, 2.75) is 38.6 Å². The van der Waals surface area contributed by atoms with E-state index in [-0.39, 0.29) is 0 Å². The molecule has 1 atom stereocenters. The van der Waals surface area contributed by atoms with Gasteiger partial charge in [-0.3, -0.25) is 0 Å². The molecular weight excluding hydrogens is 332 g/mol. The monoisotopic (exact) mass is 350 g/mol. The number of thiazole rings is 1. The molecule has 2 nitrogen and oxygen atoms in total. The molecule has 1 N–H and O–H groups in total. The maximum atomic E-state index is 4.92. The Morgan fingerprint density at radius 2 is 2.35 bits per heavy atom. The summed E-state index contributed by atoms with van der Waals surface area (Å²) in [6, 6.07) is 8.98. The van der Waals surface area contributed by atoms with Crippen molar-refractivity contribution in [3.63, 3.8) is 0 Å². The smallest absolute Gasteiger partial charge is 0.0975 e. The lowest BCUT2D eigenvalue weighted by molar-refractivity contribution is 0.465. The third-order valence-electron chi connectivity index (χ3n) is 3.69. The fourth-order valence-corrected chi connectivity index (χ4v) is 4.46. The van der Waals surface area contributed by atoms with E-state index in [0.717, 1.165) is 17.4 Å². The largest absolute Gasteiger partial charge is 0.309 e. The molecule has 0 bridgehead atoms. The second-order valence-electron chi connectivity index (χ2n) is 5.23. The molecule has 2 aromatic rings. The van der Waals surface area contributed by atoms with Crippen LogP contribution >= 0.6 is 27.3 Å². The van der Waals surface area contributed by atoms with E-state index in [9.17, 15) is 0 Å². The first-order chi connectivity index (χ1) is 9.76. The Hall–Kier alpha value is -0.710. The minimum Gasteiger partial charge on any atom is -0.309 e. The Balaban J connectivity index is 1.82. The topological polar surface area (TPSA) is 24.9 Å². The Kier molecular flexibility index (Phi) is 4.54. The van der Waals surface area contributed by atoms with Gasteiger partial charge in [-0.05, 0) is 43.5 Å². The van der Waals surface area contributed by atoms with E-state index >= 15 is 0 Å². The average molecular weight is 351 g/mol. The van der Waals surface area contributed by atoms with Gasteiger partial charge in [-0.15, -0.1) is 11.3 Å². The highest BCUT2D eigenvalue weighted by atomic mass is 79.9. The zero-order valence-electron chi connectivity index (χ0n) is 11.7. The van der Waals surface area contributed by atoms with Crippen molar-refractivity contribution in [3.05, 3.63) is 49.9 Å². The van der Waals surface area contributed by atoms with Gasteiger partial charge in [0.05, 0.1) is 16.7 Å². The van der Waals surface area contributed by atoms with Gasteiger partial charge in [0.25, 0.3) is 0 Å². The summed E-state index contributed by atoms with van der Waals surface area (Å²) >= 11 is 5.43. The quantitative estimate of drug-likeness (QED) is 0.878. The van der Waals surface area contributed by atoms with Crippen molar-refractivity contribution < 1.29 is 0 Å². The fourth-order valence-electron chi connectivity index (χ4n) is 2.81. The minimum atomic E-state index is 0.469. The fraction of sp³-hybridized carbons (Fsp3) is 0.438. The molecule has 20 heavy (non-hydrogen) atoms. The van der Waals surface area contributed by atoms with Gasteiger partial charge in [0.2, 0.25) is 0 Å². The summed E-state index contributed by atoms with van der Waals surface area (Å²) in [7, 11) is 0. The van der Waals surface area contributed by atoms with Crippen LogP contribution < -0.4 is 5.32 Å². The summed E-state index contributed by atoms with van der Waals surface area (Å²) in [6.07, 6.45) is 4.65. The van der Waals surface area contributed by atoms with Crippen molar-refractivity contribution in [3.8, 4) is 0 Å². The second-order valence-corrected chi connectivity index (χ2v) is 7.31. The van der Waals surface area contributed by atoms with Crippen LogP contribution in [0.5, 0.6) is 0 Å². The van der Waals surface area contributed by atoms with Crippen LogP contribution in [0, 0.1) is 0 Å². The first kappa shape index (κ1) is 14.2. The van der Waals surface area contributed by atoms with Crippen molar-refractivity contribution in [1.82, 2.24) is 10.3 Å². The SMILES string of the molecule is CCNC1CCCc2sc(Cc3cccc(Br)c3)nc21. The van der Waals surface area contributed by atoms with E-state index in [4.69, 9.17) is 4.98 Å². The molecule has 0 aliphatic heterocycles. The van der Waals surface area contributed by atoms with Gasteiger partial charge in [0.15, 0.2) is 0 Å². The molecule has 4 heteroatoms. The van der Waals surface area contributed by atoms with Gasteiger partial charge >= 0.3 is 0 Å². The molecular formula is C16H19BrN2S. The van der Waals surface area contributed by atoms with Crippen molar-refractivity contribution in [2.75, 3.05) is 6.54 Å². The third-order valence-corrected chi connectivity index (χ3v) is 5.32. The predicted molar refractivity (Wildman–Crippen MR) is 88.4 cm³/mol. The van der Waals surface area contributed by atoms with Crippen LogP contribution in [-0.2, 0) is 12.8 Å². The summed E-state index contributed by atoms with van der Waals surface area (Å²) in [4.78, 5) is 6.41. The molecule has 0 radical (unpaired) electrons. The molecule has 1 aliphatic carbocycles. The molecule has 0 saturated carbocycles. The summed E-state index contributed by atoms with van der Waals surface area (Å²) in [5, 5.41) is 4.81. The van der Waals surface area contributed by atoms with Gasteiger partial charge in [-0.1, -0.05) is 35.0 Å². The molecule has 3 rings (SSSR count). The molecule has 106 valence electrons. The van der Waals surface area contributed by atoms with Gasteiger partial charge in [-0.2, -0.15) is 0 Å². The number of fused-ring (bicyclic) bond motifs is 1. The van der Waals surface area contributed by atoms with E-state index in [1.165, 1.54) is 40.4 Å². The minimum absolute atomic E-state index is 0.469. The summed E-state index contributed by atoms with van der Waals surface area (Å²) in [6.45, 7) is 3.19. The Bertz CT molecular complexity index is 594. The second kappa shape index (κ2) is 6.37. The number of halogens is 1. The van der Waals surface area contributed by atoms with E-state index in [1.807, 2.05) is 11.3 Å². The van der Waals surface area contributed by atoms with Crippen LogP contribution in [0.2, 0.25) is 0 Å². The first-order valence-electron chi connectivity index (χ1n) is 7.22. The molecule has 1 aromatic heterocycles. The van der Waals surface area contributed by atoms with E-state index in [1.54, 1.807) is 0 Å². The highest BCUT2D eigenvalue weighted by molar-refractivity contribution is 9.10. The van der Waals surface area contributed by atoms with Gasteiger partial charge in [-0.25, -0.2) is 4.98 Å². The number of hydrogen-bond acceptors (Lipinski definition) is 3. The van der Waals surface area contributed by atoms with Gasteiger partial charge in [0.1, 0.15) is 0 Å². The number of hydrogen-bond donors (Lipinski definition) is 1. The highest BCUT2D eigenvalue weighted by Crippen LogP contribution is 2.34. The van der Waals surface area contributed by atoms with E-state index in [2.05, 4.69) is 52.4 Å². The molecule has 0 amide bonds. The first-order valence-corrected chi connectivity index (χ1v) is 8.83. The summed E-state index contributed by atoms with van der Waals surface area (Å²) < 4.78 is 1.14. The maximum absolute atomic E-state index is 4.92. The molecule has 1 heterocycles. The zero-order chi connectivity index (χ0) is 13.9. The maximum Gasteiger partial charge on any atom is 0.0975 e. The standard InChI is InChI=1S/C16H19BrN2S/c1-2-18-13-7-4-8-14-16(13)19-15(20-14)10-11-5-3-6-12(17)9-11/h3,5-6,9,13,18H,2,4,7-8,10H2,1H3. The molecule has 0 spiro atoms. The Labute approximate surface area is 132 Å². The Morgan fingerprint density at radius 3 is 3.15 bits per heavy atom. The molecule has 1 unspecified atom stereocenters. The van der Waals surface area contributed by atoms with Crippen molar-refractivity contribution in [2.24, 2.45) is 0 Å². The lowest BCUT2D eigenvalue weighted by atomic mass is 9.98. The van der Waals surface area contributed by atoms with Crippen molar-refractivity contribution in [1.29, 1.82) is 0 Å². The number of nitrogens with one attached hydrogen (secondary N) is 1. The van der Waals surface area contributed by atoms with Crippen LogP contribution in [0.4, 0.5) is 0 Å². The number of rotatable bonds is 4. The summed E-state index contributed by atoms with van der Waals surface area (Å²) in [5.74, 6) is 0. The third kappa shape index (κ3) is 3.13. The van der Waals surface area contributed by atoms with Crippen LogP contribution in [0.25, 0.3) is 0 Å². The van der Waals surface area contributed by atoms with E-state index < -0.39 is 0 Å². The number of benzene rings is 1. The molecule has 0 saturated heterocycles. The normalized spacial score (nSPS) is 18.0.